The van der Waals surface area contributed by atoms with Crippen LogP contribution in [0.2, 0.25) is 0 Å². The number of rotatable bonds is 5. The molecule has 6 rings (SSSR count). The van der Waals surface area contributed by atoms with Crippen LogP contribution >= 0.6 is 0 Å². The van der Waals surface area contributed by atoms with Gasteiger partial charge in [-0.2, -0.15) is 5.10 Å². The van der Waals surface area contributed by atoms with Crippen LogP contribution in [-0.2, 0) is 0 Å². The lowest BCUT2D eigenvalue weighted by Gasteiger charge is -2.34. The smallest absolute Gasteiger partial charge is 0.112 e. The van der Waals surface area contributed by atoms with E-state index in [0.717, 1.165) is 67.9 Å². The zero-order chi connectivity index (χ0) is 20.9. The van der Waals surface area contributed by atoms with Crippen LogP contribution in [0.25, 0.3) is 22.3 Å². The second-order valence-corrected chi connectivity index (χ2v) is 9.60. The van der Waals surface area contributed by atoms with Crippen molar-refractivity contribution >= 4 is 16.7 Å². The summed E-state index contributed by atoms with van der Waals surface area (Å²) in [5.74, 6) is 1.23. The zero-order valence-electron chi connectivity index (χ0n) is 18.2. The van der Waals surface area contributed by atoms with Crippen LogP contribution in [0.4, 0.5) is 5.69 Å². The number of piperazine rings is 1. The lowest BCUT2D eigenvalue weighted by molar-refractivity contribution is 0.189. The van der Waals surface area contributed by atoms with Crippen LogP contribution in [0, 0.1) is 5.92 Å². The second kappa shape index (κ2) is 7.57. The van der Waals surface area contributed by atoms with E-state index in [9.17, 15) is 0 Å². The van der Waals surface area contributed by atoms with Gasteiger partial charge in [-0.1, -0.05) is 6.07 Å². The standard InChI is InChI=1S/C24H31N7/c1-29-7-9-30(10-8-29)22-4-2-3-20-24(22)26-14-21(27-20)19-15-31(18-11-16(12-18)13-25)28-23(19)17-5-6-17/h2-4,14-18H,5-13,25H2,1H3. The molecule has 0 radical (unpaired) electrons. The molecule has 0 unspecified atom stereocenters. The van der Waals surface area contributed by atoms with Crippen molar-refractivity contribution in [2.45, 2.75) is 37.6 Å². The summed E-state index contributed by atoms with van der Waals surface area (Å²) in [6, 6.07) is 6.86. The Labute approximate surface area is 183 Å². The van der Waals surface area contributed by atoms with E-state index >= 15 is 0 Å². The average Bonchev–Trinajstić information content (AvgIpc) is 3.52. The lowest BCUT2D eigenvalue weighted by Crippen LogP contribution is -2.44. The topological polar surface area (TPSA) is 76.1 Å². The van der Waals surface area contributed by atoms with Crippen LogP contribution in [0.5, 0.6) is 0 Å². The van der Waals surface area contributed by atoms with Crippen LogP contribution in [0.15, 0.2) is 30.6 Å². The van der Waals surface area contributed by atoms with E-state index < -0.39 is 0 Å². The third-order valence-electron chi connectivity index (χ3n) is 7.31. The first-order chi connectivity index (χ1) is 15.2. The molecule has 2 saturated carbocycles. The predicted octanol–water partition coefficient (Wildman–Crippen LogP) is 3.03. The van der Waals surface area contributed by atoms with E-state index in [1.165, 1.54) is 24.2 Å². The van der Waals surface area contributed by atoms with Crippen LogP contribution in [0.3, 0.4) is 0 Å². The number of fused-ring (bicyclic) bond motifs is 1. The molecule has 3 fully saturated rings. The number of nitrogens with zero attached hydrogens (tertiary/aromatic N) is 6. The van der Waals surface area contributed by atoms with Gasteiger partial charge in [-0.05, 0) is 57.3 Å². The summed E-state index contributed by atoms with van der Waals surface area (Å²) in [5.41, 5.74) is 12.3. The number of anilines is 1. The SMILES string of the molecule is CN1CCN(c2cccc3nc(-c4cn(C5CC(CN)C5)nc4C4CC4)cnc23)CC1. The molecule has 1 saturated heterocycles. The maximum absolute atomic E-state index is 5.83. The van der Waals surface area contributed by atoms with Crippen LogP contribution in [0.1, 0.15) is 43.3 Å². The number of hydrogen-bond donors (Lipinski definition) is 1. The van der Waals surface area contributed by atoms with Crippen LogP contribution in [-0.4, -0.2) is 64.4 Å². The molecule has 3 aromatic rings. The number of benzene rings is 1. The summed E-state index contributed by atoms with van der Waals surface area (Å²) in [6.07, 6.45) is 8.91. The molecular weight excluding hydrogens is 386 g/mol. The van der Waals surface area contributed by atoms with Crippen molar-refractivity contribution in [2.75, 3.05) is 44.7 Å². The number of nitrogens with two attached hydrogens (primary N) is 1. The molecule has 0 bridgehead atoms. The molecule has 0 spiro atoms. The molecule has 7 heteroatoms. The summed E-state index contributed by atoms with van der Waals surface area (Å²) in [7, 11) is 2.18. The Kier molecular flexibility index (Phi) is 4.69. The van der Waals surface area contributed by atoms with E-state index in [1.54, 1.807) is 0 Å². The highest BCUT2D eigenvalue weighted by Gasteiger charge is 2.34. The van der Waals surface area contributed by atoms with Gasteiger partial charge in [0, 0.05) is 43.9 Å². The first-order valence-electron chi connectivity index (χ1n) is 11.7. The van der Waals surface area contributed by atoms with Gasteiger partial charge >= 0.3 is 0 Å². The molecule has 1 aliphatic heterocycles. The largest absolute Gasteiger partial charge is 0.367 e. The van der Waals surface area contributed by atoms with Crippen LogP contribution < -0.4 is 10.6 Å². The summed E-state index contributed by atoms with van der Waals surface area (Å²) >= 11 is 0. The highest BCUT2D eigenvalue weighted by atomic mass is 15.3. The average molecular weight is 418 g/mol. The maximum Gasteiger partial charge on any atom is 0.112 e. The minimum Gasteiger partial charge on any atom is -0.367 e. The van der Waals surface area contributed by atoms with Gasteiger partial charge in [-0.25, -0.2) is 4.98 Å². The minimum absolute atomic E-state index is 0.483. The van der Waals surface area contributed by atoms with E-state index in [0.29, 0.717) is 17.9 Å². The van der Waals surface area contributed by atoms with Gasteiger partial charge < -0.3 is 15.5 Å². The van der Waals surface area contributed by atoms with Gasteiger partial charge in [-0.15, -0.1) is 0 Å². The zero-order valence-corrected chi connectivity index (χ0v) is 18.2. The molecule has 31 heavy (non-hydrogen) atoms. The molecule has 0 atom stereocenters. The fraction of sp³-hybridized carbons (Fsp3) is 0.542. The first kappa shape index (κ1) is 19.2. The summed E-state index contributed by atoms with van der Waals surface area (Å²) in [5, 5.41) is 5.01. The van der Waals surface area contributed by atoms with Gasteiger partial charge in [0.05, 0.1) is 34.8 Å². The number of para-hydroxylation sites is 1. The molecule has 1 aromatic carbocycles. The summed E-state index contributed by atoms with van der Waals surface area (Å²) < 4.78 is 2.18. The van der Waals surface area contributed by atoms with E-state index in [2.05, 4.69) is 45.9 Å². The van der Waals surface area contributed by atoms with E-state index in [1.807, 2.05) is 6.20 Å². The fourth-order valence-corrected chi connectivity index (χ4v) is 5.02. The van der Waals surface area contributed by atoms with Crippen molar-refractivity contribution < 1.29 is 0 Å². The molecule has 3 heterocycles. The van der Waals surface area contributed by atoms with Gasteiger partial charge in [0.15, 0.2) is 0 Å². The molecule has 3 aliphatic rings. The van der Waals surface area contributed by atoms with Crippen molar-refractivity contribution in [2.24, 2.45) is 11.7 Å². The van der Waals surface area contributed by atoms with Gasteiger partial charge in [-0.3, -0.25) is 9.67 Å². The Morgan fingerprint density at radius 2 is 1.90 bits per heavy atom. The Balaban J connectivity index is 1.34. The third-order valence-corrected chi connectivity index (χ3v) is 7.31. The fourth-order valence-electron chi connectivity index (χ4n) is 5.02. The molecular formula is C24H31N7. The quantitative estimate of drug-likeness (QED) is 0.688. The molecule has 7 nitrogen and oxygen atoms in total. The highest BCUT2D eigenvalue weighted by molar-refractivity contribution is 5.89. The van der Waals surface area contributed by atoms with Crippen molar-refractivity contribution in [3.63, 3.8) is 0 Å². The Bertz CT molecular complexity index is 1090. The Morgan fingerprint density at radius 1 is 1.10 bits per heavy atom. The van der Waals surface area contributed by atoms with Crippen molar-refractivity contribution in [3.05, 3.63) is 36.3 Å². The van der Waals surface area contributed by atoms with E-state index in [4.69, 9.17) is 20.8 Å². The maximum atomic E-state index is 5.83. The summed E-state index contributed by atoms with van der Waals surface area (Å²) in [6.45, 7) is 5.01. The first-order valence-corrected chi connectivity index (χ1v) is 11.7. The third kappa shape index (κ3) is 3.49. The van der Waals surface area contributed by atoms with Crippen molar-refractivity contribution in [1.29, 1.82) is 0 Å². The van der Waals surface area contributed by atoms with Crippen molar-refractivity contribution in [3.8, 4) is 11.3 Å². The number of likely N-dealkylation sites (N-methyl/N-ethyl adjacent to an activating group) is 1. The Morgan fingerprint density at radius 3 is 2.65 bits per heavy atom. The molecule has 162 valence electrons. The van der Waals surface area contributed by atoms with Gasteiger partial charge in [0.1, 0.15) is 5.52 Å². The number of hydrogen-bond acceptors (Lipinski definition) is 6. The summed E-state index contributed by atoms with van der Waals surface area (Å²) in [4.78, 5) is 14.8. The highest BCUT2D eigenvalue weighted by Crippen LogP contribution is 2.45. The van der Waals surface area contributed by atoms with Crippen molar-refractivity contribution in [1.82, 2.24) is 24.6 Å². The number of aromatic nitrogens is 4. The monoisotopic (exact) mass is 417 g/mol. The molecule has 2 aliphatic carbocycles. The lowest BCUT2D eigenvalue weighted by atomic mass is 9.80. The Hall–Kier alpha value is -2.51. The molecule has 0 amide bonds. The molecule has 2 aromatic heterocycles. The van der Waals surface area contributed by atoms with Gasteiger partial charge in [0.25, 0.3) is 0 Å². The minimum atomic E-state index is 0.483. The normalized spacial score (nSPS) is 24.5. The van der Waals surface area contributed by atoms with E-state index in [-0.39, 0.29) is 0 Å². The molecule has 2 N–H and O–H groups in total. The second-order valence-electron chi connectivity index (χ2n) is 9.60. The van der Waals surface area contributed by atoms with Gasteiger partial charge in [0.2, 0.25) is 0 Å². The predicted molar refractivity (Wildman–Crippen MR) is 123 cm³/mol.